The number of fused-ring (bicyclic) bond motifs is 1. The van der Waals surface area contributed by atoms with E-state index in [1.54, 1.807) is 18.4 Å². The summed E-state index contributed by atoms with van der Waals surface area (Å²) in [6.45, 7) is 6.46. The number of hydrogen-bond acceptors (Lipinski definition) is 6. The molecule has 0 bridgehead atoms. The number of thiophene rings is 1. The minimum Gasteiger partial charge on any atom is -0.357 e. The van der Waals surface area contributed by atoms with Crippen LogP contribution in [-0.2, 0) is 19.5 Å². The third-order valence-electron chi connectivity index (χ3n) is 5.29. The lowest BCUT2D eigenvalue weighted by Gasteiger charge is -2.30. The lowest BCUT2D eigenvalue weighted by atomic mass is 10.0. The van der Waals surface area contributed by atoms with Crippen LogP contribution in [0.2, 0.25) is 0 Å². The molecular formula is C19H25N5OS. The second-order valence-electron chi connectivity index (χ2n) is 7.06. The molecule has 7 heteroatoms. The van der Waals surface area contributed by atoms with E-state index >= 15 is 0 Å². The summed E-state index contributed by atoms with van der Waals surface area (Å²) in [4.78, 5) is 28.0. The van der Waals surface area contributed by atoms with Gasteiger partial charge in [-0.15, -0.1) is 11.3 Å². The van der Waals surface area contributed by atoms with Crippen molar-refractivity contribution in [2.45, 2.75) is 39.3 Å². The molecular weight excluding hydrogens is 346 g/mol. The number of nitrogens with zero attached hydrogens (tertiary/aromatic N) is 4. The second kappa shape index (κ2) is 7.32. The van der Waals surface area contributed by atoms with Crippen molar-refractivity contribution in [1.29, 1.82) is 0 Å². The van der Waals surface area contributed by atoms with Crippen molar-refractivity contribution in [3.63, 3.8) is 0 Å². The molecule has 2 aromatic rings. The monoisotopic (exact) mass is 371 g/mol. The Balaban J connectivity index is 1.63. The normalized spacial score (nSPS) is 17.4. The summed E-state index contributed by atoms with van der Waals surface area (Å²) in [5, 5.41) is 5.16. The van der Waals surface area contributed by atoms with Crippen molar-refractivity contribution in [3.8, 4) is 0 Å². The Kier molecular flexibility index (Phi) is 4.91. The van der Waals surface area contributed by atoms with Crippen molar-refractivity contribution in [1.82, 2.24) is 19.8 Å². The molecule has 1 amide bonds. The lowest BCUT2D eigenvalue weighted by molar-refractivity contribution is 0.0783. The number of carbonyl (C=O) groups excluding carboxylic acids is 1. The second-order valence-corrected chi connectivity index (χ2v) is 8.06. The first-order chi connectivity index (χ1) is 12.7. The molecule has 2 aliphatic heterocycles. The number of anilines is 1. The Morgan fingerprint density at radius 2 is 2.08 bits per heavy atom. The highest BCUT2D eigenvalue weighted by molar-refractivity contribution is 7.10. The molecule has 1 fully saturated rings. The van der Waals surface area contributed by atoms with Crippen molar-refractivity contribution < 1.29 is 4.79 Å². The number of aromatic nitrogens is 2. The van der Waals surface area contributed by atoms with Gasteiger partial charge < -0.3 is 10.2 Å². The molecule has 4 heterocycles. The summed E-state index contributed by atoms with van der Waals surface area (Å²) in [6, 6.07) is 2.17. The number of nitrogens with one attached hydrogen (secondary N) is 1. The van der Waals surface area contributed by atoms with Gasteiger partial charge in [-0.25, -0.2) is 9.97 Å². The molecule has 4 rings (SSSR count). The van der Waals surface area contributed by atoms with Crippen LogP contribution in [0.5, 0.6) is 0 Å². The van der Waals surface area contributed by atoms with Crippen molar-refractivity contribution in [2.24, 2.45) is 0 Å². The standard InChI is InChI=1S/C19H25N5OS/c1-13-6-10-26-16(13)12-23-9-5-15-14(11-23)17(22-19(20-2)21-15)18(25)24-7-3-4-8-24/h6,10H,3-5,7-9,11-12H2,1-2H3,(H,20,21,22). The first kappa shape index (κ1) is 17.4. The number of carbonyl (C=O) groups is 1. The number of likely N-dealkylation sites (tertiary alicyclic amines) is 1. The van der Waals surface area contributed by atoms with Gasteiger partial charge in [0.15, 0.2) is 0 Å². The molecule has 0 aliphatic carbocycles. The van der Waals surface area contributed by atoms with Gasteiger partial charge in [0.2, 0.25) is 5.95 Å². The highest BCUT2D eigenvalue weighted by Gasteiger charge is 2.29. The van der Waals surface area contributed by atoms with Gasteiger partial charge in [-0.3, -0.25) is 9.69 Å². The van der Waals surface area contributed by atoms with Crippen LogP contribution in [0.15, 0.2) is 11.4 Å². The SMILES string of the molecule is CNc1nc2c(c(C(=O)N3CCCC3)n1)CN(Cc1sccc1C)CC2. The van der Waals surface area contributed by atoms with Gasteiger partial charge in [0.1, 0.15) is 5.69 Å². The Labute approximate surface area is 158 Å². The van der Waals surface area contributed by atoms with Crippen LogP contribution >= 0.6 is 11.3 Å². The maximum Gasteiger partial charge on any atom is 0.273 e. The third kappa shape index (κ3) is 3.33. The van der Waals surface area contributed by atoms with Gasteiger partial charge in [0, 0.05) is 56.6 Å². The third-order valence-corrected chi connectivity index (χ3v) is 6.30. The topological polar surface area (TPSA) is 61.4 Å². The van der Waals surface area contributed by atoms with Gasteiger partial charge in [-0.05, 0) is 36.8 Å². The fraction of sp³-hybridized carbons (Fsp3) is 0.526. The smallest absolute Gasteiger partial charge is 0.273 e. The minimum atomic E-state index is 0.0619. The quantitative estimate of drug-likeness (QED) is 0.895. The highest BCUT2D eigenvalue weighted by atomic mass is 32.1. The zero-order chi connectivity index (χ0) is 18.1. The van der Waals surface area contributed by atoms with Crippen LogP contribution in [0.1, 0.15) is 45.0 Å². The maximum absolute atomic E-state index is 13.1. The molecule has 2 aliphatic rings. The molecule has 0 atom stereocenters. The largest absolute Gasteiger partial charge is 0.357 e. The van der Waals surface area contributed by atoms with Gasteiger partial charge in [0.05, 0.1) is 5.69 Å². The maximum atomic E-state index is 13.1. The van der Waals surface area contributed by atoms with E-state index in [2.05, 4.69) is 38.6 Å². The van der Waals surface area contributed by atoms with Crippen LogP contribution in [0.4, 0.5) is 5.95 Å². The summed E-state index contributed by atoms with van der Waals surface area (Å²) >= 11 is 1.80. The Morgan fingerprint density at radius 3 is 2.77 bits per heavy atom. The fourth-order valence-corrected chi connectivity index (χ4v) is 4.68. The van der Waals surface area contributed by atoms with E-state index in [0.717, 1.165) is 63.2 Å². The summed E-state index contributed by atoms with van der Waals surface area (Å²) in [5.41, 5.74) is 3.97. The molecule has 138 valence electrons. The van der Waals surface area contributed by atoms with Crippen LogP contribution < -0.4 is 5.32 Å². The van der Waals surface area contributed by atoms with E-state index in [9.17, 15) is 4.79 Å². The van der Waals surface area contributed by atoms with Gasteiger partial charge in [0.25, 0.3) is 5.91 Å². The van der Waals surface area contributed by atoms with Gasteiger partial charge in [-0.1, -0.05) is 0 Å². The number of aryl methyl sites for hydroxylation is 1. The Morgan fingerprint density at radius 1 is 1.27 bits per heavy atom. The van der Waals surface area contributed by atoms with Crippen molar-refractivity contribution >= 4 is 23.2 Å². The fourth-order valence-electron chi connectivity index (χ4n) is 3.73. The predicted molar refractivity (Wildman–Crippen MR) is 104 cm³/mol. The van der Waals surface area contributed by atoms with Crippen LogP contribution in [-0.4, -0.2) is 52.4 Å². The lowest BCUT2D eigenvalue weighted by Crippen LogP contribution is -2.35. The molecule has 0 unspecified atom stereocenters. The van der Waals surface area contributed by atoms with E-state index in [0.29, 0.717) is 11.6 Å². The summed E-state index contributed by atoms with van der Waals surface area (Å²) < 4.78 is 0. The van der Waals surface area contributed by atoms with E-state index in [1.165, 1.54) is 10.4 Å². The average Bonchev–Trinajstić information content (AvgIpc) is 3.33. The van der Waals surface area contributed by atoms with E-state index in [4.69, 9.17) is 0 Å². The zero-order valence-corrected chi connectivity index (χ0v) is 16.2. The molecule has 1 saturated heterocycles. The van der Waals surface area contributed by atoms with Crippen molar-refractivity contribution in [2.75, 3.05) is 32.0 Å². The molecule has 0 spiro atoms. The number of amides is 1. The summed E-state index contributed by atoms with van der Waals surface area (Å²) in [5.74, 6) is 0.612. The Bertz CT molecular complexity index is 812. The van der Waals surface area contributed by atoms with E-state index < -0.39 is 0 Å². The zero-order valence-electron chi connectivity index (χ0n) is 15.4. The van der Waals surface area contributed by atoms with Gasteiger partial charge in [-0.2, -0.15) is 0 Å². The molecule has 6 nitrogen and oxygen atoms in total. The van der Waals surface area contributed by atoms with Crippen LogP contribution in [0.3, 0.4) is 0 Å². The Hall–Kier alpha value is -1.99. The summed E-state index contributed by atoms with van der Waals surface area (Å²) in [6.07, 6.45) is 3.03. The van der Waals surface area contributed by atoms with Gasteiger partial charge >= 0.3 is 0 Å². The molecule has 1 N–H and O–H groups in total. The summed E-state index contributed by atoms with van der Waals surface area (Å²) in [7, 11) is 1.81. The molecule has 0 radical (unpaired) electrons. The predicted octanol–water partition coefficient (Wildman–Crippen LogP) is 2.68. The van der Waals surface area contributed by atoms with Crippen LogP contribution in [0.25, 0.3) is 0 Å². The average molecular weight is 372 g/mol. The first-order valence-corrected chi connectivity index (χ1v) is 10.2. The van der Waals surface area contributed by atoms with Crippen LogP contribution in [0, 0.1) is 6.92 Å². The van der Waals surface area contributed by atoms with E-state index in [-0.39, 0.29) is 5.91 Å². The first-order valence-electron chi connectivity index (χ1n) is 9.28. The molecule has 2 aromatic heterocycles. The number of rotatable bonds is 4. The highest BCUT2D eigenvalue weighted by Crippen LogP contribution is 2.26. The van der Waals surface area contributed by atoms with Crippen molar-refractivity contribution in [3.05, 3.63) is 38.8 Å². The number of hydrogen-bond donors (Lipinski definition) is 1. The van der Waals surface area contributed by atoms with E-state index in [1.807, 2.05) is 4.90 Å². The molecule has 26 heavy (non-hydrogen) atoms. The molecule has 0 saturated carbocycles. The molecule has 0 aromatic carbocycles. The minimum absolute atomic E-state index is 0.0619.